The van der Waals surface area contributed by atoms with Gasteiger partial charge < -0.3 is 4.74 Å². The van der Waals surface area contributed by atoms with E-state index in [1.807, 2.05) is 0 Å². The van der Waals surface area contributed by atoms with Crippen molar-refractivity contribution in [2.24, 2.45) is 0 Å². The van der Waals surface area contributed by atoms with E-state index in [0.29, 0.717) is 16.7 Å². The molecular weight excluding hydrogens is 275 g/mol. The van der Waals surface area contributed by atoms with Gasteiger partial charge >= 0.3 is 5.97 Å². The number of Topliss-reactive ketones (excluding diaryl/α,β-unsaturated/α-hetero) is 1. The molecule has 0 aliphatic heterocycles. The molecule has 0 amide bonds. The summed E-state index contributed by atoms with van der Waals surface area (Å²) in [4.78, 5) is 23.2. The molecule has 1 aromatic rings. The van der Waals surface area contributed by atoms with E-state index in [4.69, 9.17) is 27.9 Å². The average Bonchev–Trinajstić information content (AvgIpc) is 2.37. The zero-order valence-corrected chi connectivity index (χ0v) is 11.7. The Balaban J connectivity index is 3.33. The summed E-state index contributed by atoms with van der Waals surface area (Å²) in [6, 6.07) is 5.02. The summed E-state index contributed by atoms with van der Waals surface area (Å²) in [5, 5.41) is -0.889. The van der Waals surface area contributed by atoms with Gasteiger partial charge in [0.1, 0.15) is 5.38 Å². The van der Waals surface area contributed by atoms with Crippen LogP contribution in [0.25, 0.3) is 0 Å². The maximum Gasteiger partial charge on any atom is 0.338 e. The van der Waals surface area contributed by atoms with Gasteiger partial charge in [0.05, 0.1) is 12.2 Å². The fourth-order valence-electron chi connectivity index (χ4n) is 1.62. The van der Waals surface area contributed by atoms with Crippen LogP contribution in [0, 0.1) is 0 Å². The maximum atomic E-state index is 11.8. The number of ether oxygens (including phenoxy) is 1. The molecule has 18 heavy (non-hydrogen) atoms. The molecule has 3 nitrogen and oxygen atoms in total. The zero-order valence-electron chi connectivity index (χ0n) is 10.2. The number of alkyl halides is 2. The van der Waals surface area contributed by atoms with Crippen LogP contribution in [0.4, 0.5) is 0 Å². The molecule has 0 aliphatic carbocycles. The fraction of sp³-hybridized carbons (Fsp3) is 0.385. The second kappa shape index (κ2) is 6.76. The van der Waals surface area contributed by atoms with Gasteiger partial charge in [-0.25, -0.2) is 4.79 Å². The first-order chi connectivity index (χ1) is 8.52. The van der Waals surface area contributed by atoms with Crippen molar-refractivity contribution >= 4 is 35.0 Å². The van der Waals surface area contributed by atoms with Gasteiger partial charge in [0.25, 0.3) is 0 Å². The molecule has 1 aromatic carbocycles. The number of esters is 1. The predicted molar refractivity (Wildman–Crippen MR) is 71.2 cm³/mol. The van der Waals surface area contributed by atoms with Gasteiger partial charge in [0, 0.05) is 5.88 Å². The molecule has 0 fully saturated rings. The van der Waals surface area contributed by atoms with E-state index in [1.54, 1.807) is 25.1 Å². The minimum Gasteiger partial charge on any atom is -0.462 e. The molecule has 5 heteroatoms. The van der Waals surface area contributed by atoms with E-state index >= 15 is 0 Å². The Morgan fingerprint density at radius 1 is 1.39 bits per heavy atom. The Morgan fingerprint density at radius 3 is 2.56 bits per heavy atom. The van der Waals surface area contributed by atoms with Crippen LogP contribution in [0.3, 0.4) is 0 Å². The first-order valence-corrected chi connectivity index (χ1v) is 6.49. The van der Waals surface area contributed by atoms with Crippen LogP contribution < -0.4 is 0 Å². The van der Waals surface area contributed by atoms with Crippen LogP contribution >= 0.6 is 23.2 Å². The normalized spacial score (nSPS) is 12.0. The zero-order chi connectivity index (χ0) is 13.7. The lowest BCUT2D eigenvalue weighted by Gasteiger charge is -2.15. The van der Waals surface area contributed by atoms with Crippen LogP contribution in [0.5, 0.6) is 0 Å². The molecule has 0 spiro atoms. The molecule has 0 aromatic heterocycles. The fourth-order valence-corrected chi connectivity index (χ4v) is 2.11. The summed E-state index contributed by atoms with van der Waals surface area (Å²) < 4.78 is 4.95. The third kappa shape index (κ3) is 3.24. The number of hydrogen-bond donors (Lipinski definition) is 0. The summed E-state index contributed by atoms with van der Waals surface area (Å²) in [5.41, 5.74) is 1.41. The van der Waals surface area contributed by atoms with E-state index in [1.165, 1.54) is 6.92 Å². The second-order valence-corrected chi connectivity index (χ2v) is 4.41. The van der Waals surface area contributed by atoms with Crippen LogP contribution in [0.2, 0.25) is 0 Å². The monoisotopic (exact) mass is 288 g/mol. The van der Waals surface area contributed by atoms with Crippen molar-refractivity contribution in [3.63, 3.8) is 0 Å². The third-order valence-electron chi connectivity index (χ3n) is 2.45. The SMILES string of the molecule is CCOC(=O)c1cccc(CCl)c1C(Cl)C(C)=O. The van der Waals surface area contributed by atoms with Crippen molar-refractivity contribution in [3.8, 4) is 0 Å². The van der Waals surface area contributed by atoms with Crippen molar-refractivity contribution in [1.82, 2.24) is 0 Å². The highest BCUT2D eigenvalue weighted by Crippen LogP contribution is 2.30. The van der Waals surface area contributed by atoms with Crippen LogP contribution in [0.1, 0.15) is 40.7 Å². The van der Waals surface area contributed by atoms with Crippen molar-refractivity contribution < 1.29 is 14.3 Å². The Morgan fingerprint density at radius 2 is 2.06 bits per heavy atom. The lowest BCUT2D eigenvalue weighted by atomic mass is 9.97. The number of benzene rings is 1. The maximum absolute atomic E-state index is 11.8. The molecule has 0 saturated heterocycles. The molecule has 1 atom stereocenters. The molecule has 1 unspecified atom stereocenters. The molecule has 98 valence electrons. The molecule has 0 radical (unpaired) electrons. The van der Waals surface area contributed by atoms with Crippen molar-refractivity contribution in [1.29, 1.82) is 0 Å². The lowest BCUT2D eigenvalue weighted by molar-refractivity contribution is -0.116. The number of rotatable bonds is 5. The highest BCUT2D eigenvalue weighted by Gasteiger charge is 2.24. The Bertz CT molecular complexity index is 458. The molecule has 1 rings (SSSR count). The molecule has 0 bridgehead atoms. The number of carbonyl (C=O) groups is 2. The van der Waals surface area contributed by atoms with Gasteiger partial charge in [-0.2, -0.15) is 0 Å². The van der Waals surface area contributed by atoms with Crippen molar-refractivity contribution in [3.05, 3.63) is 34.9 Å². The van der Waals surface area contributed by atoms with E-state index in [9.17, 15) is 9.59 Å². The average molecular weight is 289 g/mol. The standard InChI is InChI=1S/C13H14Cl2O3/c1-3-18-13(17)10-6-4-5-9(7-14)11(10)12(15)8(2)16/h4-6,12H,3,7H2,1-2H3. The van der Waals surface area contributed by atoms with Gasteiger partial charge in [-0.15, -0.1) is 23.2 Å². The number of carbonyl (C=O) groups excluding carboxylic acids is 2. The van der Waals surface area contributed by atoms with E-state index in [0.717, 1.165) is 0 Å². The quantitative estimate of drug-likeness (QED) is 0.615. The van der Waals surface area contributed by atoms with Crippen LogP contribution in [-0.4, -0.2) is 18.4 Å². The van der Waals surface area contributed by atoms with E-state index in [2.05, 4.69) is 0 Å². The molecule has 0 N–H and O–H groups in total. The minimum absolute atomic E-state index is 0.180. The highest BCUT2D eigenvalue weighted by atomic mass is 35.5. The number of halogens is 2. The van der Waals surface area contributed by atoms with E-state index in [-0.39, 0.29) is 18.3 Å². The molecule has 0 saturated carbocycles. The summed E-state index contributed by atoms with van der Waals surface area (Å²) >= 11 is 11.9. The predicted octanol–water partition coefficient (Wildman–Crippen LogP) is 3.47. The summed E-state index contributed by atoms with van der Waals surface area (Å²) in [5.74, 6) is -0.551. The van der Waals surface area contributed by atoms with Gasteiger partial charge in [-0.3, -0.25) is 4.79 Å². The molecule has 0 heterocycles. The van der Waals surface area contributed by atoms with Gasteiger partial charge in [0.15, 0.2) is 5.78 Å². The second-order valence-electron chi connectivity index (χ2n) is 3.71. The first kappa shape index (κ1) is 15.0. The minimum atomic E-state index is -0.889. The van der Waals surface area contributed by atoms with Crippen molar-refractivity contribution in [2.45, 2.75) is 25.1 Å². The number of ketones is 1. The largest absolute Gasteiger partial charge is 0.462 e. The van der Waals surface area contributed by atoms with E-state index < -0.39 is 11.3 Å². The lowest BCUT2D eigenvalue weighted by Crippen LogP contribution is -2.14. The molecule has 0 aliphatic rings. The summed E-state index contributed by atoms with van der Waals surface area (Å²) in [6.07, 6.45) is 0. The number of hydrogen-bond acceptors (Lipinski definition) is 3. The Kier molecular flexibility index (Phi) is 5.63. The van der Waals surface area contributed by atoms with Crippen LogP contribution in [0.15, 0.2) is 18.2 Å². The topological polar surface area (TPSA) is 43.4 Å². The van der Waals surface area contributed by atoms with Gasteiger partial charge in [0.2, 0.25) is 0 Å². The first-order valence-electron chi connectivity index (χ1n) is 5.52. The smallest absolute Gasteiger partial charge is 0.338 e. The summed E-state index contributed by atoms with van der Waals surface area (Å²) in [6.45, 7) is 3.35. The van der Waals surface area contributed by atoms with Crippen molar-refractivity contribution in [2.75, 3.05) is 6.61 Å². The van der Waals surface area contributed by atoms with Gasteiger partial charge in [-0.1, -0.05) is 12.1 Å². The van der Waals surface area contributed by atoms with Gasteiger partial charge in [-0.05, 0) is 31.0 Å². The molecular formula is C13H14Cl2O3. The third-order valence-corrected chi connectivity index (χ3v) is 3.26. The highest BCUT2D eigenvalue weighted by molar-refractivity contribution is 6.31. The summed E-state index contributed by atoms with van der Waals surface area (Å²) in [7, 11) is 0. The Hall–Kier alpha value is -1.06. The van der Waals surface area contributed by atoms with Crippen LogP contribution in [-0.2, 0) is 15.4 Å². The Labute approximate surface area is 116 Å².